The number of hydrogen-bond donors (Lipinski definition) is 1. The van der Waals surface area contributed by atoms with Crippen molar-refractivity contribution in [3.63, 3.8) is 0 Å². The van der Waals surface area contributed by atoms with Gasteiger partial charge in [-0.15, -0.1) is 5.10 Å². The Hall–Kier alpha value is -1.27. The Morgan fingerprint density at radius 3 is 2.33 bits per heavy atom. The third kappa shape index (κ3) is 2.76. The number of rotatable bonds is 3. The van der Waals surface area contributed by atoms with Gasteiger partial charge in [0.15, 0.2) is 0 Å². The highest BCUT2D eigenvalue weighted by atomic mass is 15.4. The van der Waals surface area contributed by atoms with Crippen molar-refractivity contribution in [2.24, 2.45) is 5.73 Å². The molecule has 1 aromatic rings. The highest BCUT2D eigenvalue weighted by molar-refractivity contribution is 5.30. The molecule has 6 heteroatoms. The largest absolute Gasteiger partial charge is 0.337 e. The molecule has 6 nitrogen and oxygen atoms in total. The maximum atomic E-state index is 5.70. The zero-order chi connectivity index (χ0) is 13.1. The molecule has 1 saturated heterocycles. The van der Waals surface area contributed by atoms with Crippen LogP contribution in [0.4, 0.5) is 5.95 Å². The number of nitrogens with two attached hydrogens (primary N) is 1. The molecule has 1 aliphatic heterocycles. The van der Waals surface area contributed by atoms with Gasteiger partial charge in [-0.2, -0.15) is 5.10 Å². The van der Waals surface area contributed by atoms with Crippen molar-refractivity contribution in [1.29, 1.82) is 0 Å². The fourth-order valence-corrected chi connectivity index (χ4v) is 2.09. The molecule has 2 rings (SSSR count). The molecule has 0 radical (unpaired) electrons. The number of nitrogens with zero attached hydrogens (tertiary/aromatic N) is 5. The van der Waals surface area contributed by atoms with Gasteiger partial charge in [-0.1, -0.05) is 0 Å². The van der Waals surface area contributed by atoms with Crippen LogP contribution in [-0.2, 0) is 0 Å². The predicted octanol–water partition coefficient (Wildman–Crippen LogP) is -0.0424. The summed E-state index contributed by atoms with van der Waals surface area (Å²) in [4.78, 5) is 9.10. The van der Waals surface area contributed by atoms with Gasteiger partial charge in [0, 0.05) is 38.8 Å². The lowest BCUT2D eigenvalue weighted by Gasteiger charge is -2.37. The summed E-state index contributed by atoms with van der Waals surface area (Å²) in [7, 11) is 0. The van der Waals surface area contributed by atoms with E-state index in [1.165, 1.54) is 0 Å². The summed E-state index contributed by atoms with van der Waals surface area (Å²) < 4.78 is 0. The zero-order valence-electron chi connectivity index (χ0n) is 11.4. The Kier molecular flexibility index (Phi) is 4.08. The SMILES string of the molecule is Cc1nnc(N2CCN(C(C)CN)CC2)nc1C. The lowest BCUT2D eigenvalue weighted by Crippen LogP contribution is -2.51. The lowest BCUT2D eigenvalue weighted by atomic mass is 10.2. The van der Waals surface area contributed by atoms with Gasteiger partial charge >= 0.3 is 0 Å². The number of hydrogen-bond acceptors (Lipinski definition) is 6. The minimum Gasteiger partial charge on any atom is -0.337 e. The van der Waals surface area contributed by atoms with E-state index in [0.29, 0.717) is 12.6 Å². The second-order valence-corrected chi connectivity index (χ2v) is 4.89. The number of piperazine rings is 1. The maximum absolute atomic E-state index is 5.70. The van der Waals surface area contributed by atoms with Gasteiger partial charge in [-0.05, 0) is 20.8 Å². The Balaban J connectivity index is 1.99. The zero-order valence-corrected chi connectivity index (χ0v) is 11.4. The molecule has 2 N–H and O–H groups in total. The molecule has 1 aliphatic rings. The summed E-state index contributed by atoms with van der Waals surface area (Å²) in [5.74, 6) is 0.748. The van der Waals surface area contributed by atoms with Crippen LogP contribution in [0, 0.1) is 13.8 Å². The summed E-state index contributed by atoms with van der Waals surface area (Å²) in [6.45, 7) is 10.7. The quantitative estimate of drug-likeness (QED) is 0.811. The molecule has 0 amide bonds. The number of anilines is 1. The van der Waals surface area contributed by atoms with Gasteiger partial charge in [0.05, 0.1) is 11.4 Å². The number of aromatic nitrogens is 3. The van der Waals surface area contributed by atoms with E-state index in [2.05, 4.69) is 31.9 Å². The monoisotopic (exact) mass is 250 g/mol. The number of aryl methyl sites for hydroxylation is 2. The smallest absolute Gasteiger partial charge is 0.245 e. The van der Waals surface area contributed by atoms with Crippen molar-refractivity contribution in [3.05, 3.63) is 11.4 Å². The second-order valence-electron chi connectivity index (χ2n) is 4.89. The molecule has 0 saturated carbocycles. The van der Waals surface area contributed by atoms with Crippen molar-refractivity contribution in [3.8, 4) is 0 Å². The summed E-state index contributed by atoms with van der Waals surface area (Å²) in [6, 6.07) is 0.450. The van der Waals surface area contributed by atoms with Gasteiger partial charge in [-0.25, -0.2) is 4.98 Å². The van der Waals surface area contributed by atoms with Crippen LogP contribution in [0.25, 0.3) is 0 Å². The van der Waals surface area contributed by atoms with Gasteiger partial charge in [0.1, 0.15) is 0 Å². The molecule has 100 valence electrons. The first kappa shape index (κ1) is 13.2. The molecule has 1 unspecified atom stereocenters. The molecular formula is C12H22N6. The van der Waals surface area contributed by atoms with Gasteiger partial charge < -0.3 is 10.6 Å². The van der Waals surface area contributed by atoms with E-state index in [1.54, 1.807) is 0 Å². The average Bonchev–Trinajstić information content (AvgIpc) is 2.41. The standard InChI is InChI=1S/C12H22N6/c1-9(8-13)17-4-6-18(7-5-17)12-14-10(2)11(3)15-16-12/h9H,4-8,13H2,1-3H3. The second kappa shape index (κ2) is 5.58. The topological polar surface area (TPSA) is 71.2 Å². The fourth-order valence-electron chi connectivity index (χ4n) is 2.09. The van der Waals surface area contributed by atoms with Crippen molar-refractivity contribution in [2.75, 3.05) is 37.6 Å². The summed E-state index contributed by atoms with van der Waals surface area (Å²) in [6.07, 6.45) is 0. The summed E-state index contributed by atoms with van der Waals surface area (Å²) in [5.41, 5.74) is 7.55. The van der Waals surface area contributed by atoms with Crippen LogP contribution in [0.1, 0.15) is 18.3 Å². The molecule has 0 bridgehead atoms. The van der Waals surface area contributed by atoms with Crippen LogP contribution >= 0.6 is 0 Å². The third-order valence-electron chi connectivity index (χ3n) is 3.64. The van der Waals surface area contributed by atoms with Crippen LogP contribution in [-0.4, -0.2) is 58.8 Å². The van der Waals surface area contributed by atoms with Crippen molar-refractivity contribution < 1.29 is 0 Å². The molecule has 0 spiro atoms. The molecular weight excluding hydrogens is 228 g/mol. The van der Waals surface area contributed by atoms with Crippen LogP contribution in [0.5, 0.6) is 0 Å². The van der Waals surface area contributed by atoms with E-state index in [-0.39, 0.29) is 0 Å². The van der Waals surface area contributed by atoms with Gasteiger partial charge in [0.25, 0.3) is 0 Å². The first-order valence-corrected chi connectivity index (χ1v) is 6.48. The van der Waals surface area contributed by atoms with Crippen molar-refractivity contribution >= 4 is 5.95 Å². The lowest BCUT2D eigenvalue weighted by molar-refractivity contribution is 0.200. The van der Waals surface area contributed by atoms with E-state index >= 15 is 0 Å². The van der Waals surface area contributed by atoms with Gasteiger partial charge in [0.2, 0.25) is 5.95 Å². The van der Waals surface area contributed by atoms with Crippen LogP contribution in [0.15, 0.2) is 0 Å². The predicted molar refractivity (Wildman–Crippen MR) is 71.6 cm³/mol. The van der Waals surface area contributed by atoms with E-state index < -0.39 is 0 Å². The summed E-state index contributed by atoms with van der Waals surface area (Å²) >= 11 is 0. The highest BCUT2D eigenvalue weighted by Gasteiger charge is 2.22. The van der Waals surface area contributed by atoms with E-state index in [4.69, 9.17) is 5.73 Å². The molecule has 0 aliphatic carbocycles. The molecule has 1 aromatic heterocycles. The first-order valence-electron chi connectivity index (χ1n) is 6.48. The normalized spacial score (nSPS) is 19.0. The molecule has 2 heterocycles. The third-order valence-corrected chi connectivity index (χ3v) is 3.64. The first-order chi connectivity index (χ1) is 8.61. The van der Waals surface area contributed by atoms with Crippen LogP contribution < -0.4 is 10.6 Å². The van der Waals surface area contributed by atoms with E-state index in [9.17, 15) is 0 Å². The van der Waals surface area contributed by atoms with Crippen LogP contribution in [0.2, 0.25) is 0 Å². The van der Waals surface area contributed by atoms with Crippen molar-refractivity contribution in [1.82, 2.24) is 20.1 Å². The van der Waals surface area contributed by atoms with Gasteiger partial charge in [-0.3, -0.25) is 4.90 Å². The Morgan fingerprint density at radius 2 is 1.78 bits per heavy atom. The minimum atomic E-state index is 0.450. The molecule has 18 heavy (non-hydrogen) atoms. The van der Waals surface area contributed by atoms with E-state index in [0.717, 1.165) is 43.5 Å². The van der Waals surface area contributed by atoms with Crippen LogP contribution in [0.3, 0.4) is 0 Å². The molecule has 1 atom stereocenters. The molecule has 0 aromatic carbocycles. The average molecular weight is 250 g/mol. The fraction of sp³-hybridized carbons (Fsp3) is 0.750. The Morgan fingerprint density at radius 1 is 1.11 bits per heavy atom. The van der Waals surface area contributed by atoms with E-state index in [1.807, 2.05) is 13.8 Å². The molecule has 1 fully saturated rings. The maximum Gasteiger partial charge on any atom is 0.245 e. The Bertz CT molecular complexity index is 400. The van der Waals surface area contributed by atoms with Crippen molar-refractivity contribution in [2.45, 2.75) is 26.8 Å². The summed E-state index contributed by atoms with van der Waals surface area (Å²) in [5, 5.41) is 8.31. The minimum absolute atomic E-state index is 0.450. The Labute approximate surface area is 108 Å². The highest BCUT2D eigenvalue weighted by Crippen LogP contribution is 2.12.